The number of nitrogens with two attached hydrogens (primary N) is 2. The minimum absolute atomic E-state index is 0. The van der Waals surface area contributed by atoms with Crippen LogP contribution in [-0.4, -0.2) is 39.4 Å². The van der Waals surface area contributed by atoms with Gasteiger partial charge in [-0.15, -0.1) is 0 Å². The standard InChI is InChI=1S/C23H25F2N7O3S.2C2H6.H2/c1-11(33)31-21(27)17-7-13(14-8-16(20(24)25)30-10-18(14)35-2)15(9-29-17)22(34)32-23(28)36-19(26)6-5-12-3-4-12;2*1-2;/h7-10,12,20-21,23,26H,3-4,27-28H2,1-2H3,(H,31,33)(H,32,34);2*1-2H3;1H. The number of carbonyl (C=O) groups excluding carboxylic acids is 2. The molecule has 220 valence electrons. The summed E-state index contributed by atoms with van der Waals surface area (Å²) in [5, 5.41) is 12.9. The van der Waals surface area contributed by atoms with E-state index < -0.39 is 35.6 Å². The van der Waals surface area contributed by atoms with Crippen LogP contribution in [-0.2, 0) is 4.79 Å². The normalized spacial score (nSPS) is 13.2. The molecular formula is C27H39F2N7O3S. The number of rotatable bonds is 8. The predicted octanol–water partition coefficient (Wildman–Crippen LogP) is 4.58. The van der Waals surface area contributed by atoms with Gasteiger partial charge in [-0.2, -0.15) is 0 Å². The first-order valence-corrected chi connectivity index (χ1v) is 13.6. The number of hydrogen-bond donors (Lipinski definition) is 5. The molecule has 2 atom stereocenters. The number of methoxy groups -OCH3 is 1. The van der Waals surface area contributed by atoms with Crippen LogP contribution in [0.3, 0.4) is 0 Å². The van der Waals surface area contributed by atoms with Crippen molar-refractivity contribution in [1.82, 2.24) is 20.6 Å². The molecule has 1 aliphatic carbocycles. The van der Waals surface area contributed by atoms with Gasteiger partial charge in [0, 0.05) is 31.6 Å². The summed E-state index contributed by atoms with van der Waals surface area (Å²) in [5.74, 6) is 4.97. The fraction of sp³-hybridized carbons (Fsp3) is 0.444. The third-order valence-electron chi connectivity index (χ3n) is 4.95. The Labute approximate surface area is 239 Å². The number of amides is 2. The molecular weight excluding hydrogens is 540 g/mol. The maximum atomic E-state index is 13.4. The van der Waals surface area contributed by atoms with E-state index in [1.165, 1.54) is 26.3 Å². The second-order valence-electron chi connectivity index (χ2n) is 7.83. The Hall–Kier alpha value is -3.60. The average Bonchev–Trinajstić information content (AvgIpc) is 3.77. The zero-order chi connectivity index (χ0) is 30.4. The van der Waals surface area contributed by atoms with Crippen molar-refractivity contribution >= 4 is 28.6 Å². The van der Waals surface area contributed by atoms with Crippen LogP contribution in [0.4, 0.5) is 8.78 Å². The third-order valence-corrected chi connectivity index (χ3v) is 5.66. The molecule has 0 bridgehead atoms. The van der Waals surface area contributed by atoms with Crippen LogP contribution in [0, 0.1) is 23.2 Å². The van der Waals surface area contributed by atoms with Gasteiger partial charge in [-0.05, 0) is 30.9 Å². The second-order valence-corrected chi connectivity index (χ2v) is 8.98. The monoisotopic (exact) mass is 579 g/mol. The number of nitrogens with one attached hydrogen (secondary N) is 3. The van der Waals surface area contributed by atoms with Gasteiger partial charge in [0.25, 0.3) is 12.3 Å². The lowest BCUT2D eigenvalue weighted by Crippen LogP contribution is -2.40. The van der Waals surface area contributed by atoms with Gasteiger partial charge in [0.05, 0.1) is 24.6 Å². The lowest BCUT2D eigenvalue weighted by molar-refractivity contribution is -0.119. The number of halogens is 2. The van der Waals surface area contributed by atoms with Gasteiger partial charge in [0.15, 0.2) is 0 Å². The van der Waals surface area contributed by atoms with Crippen LogP contribution in [0.5, 0.6) is 5.75 Å². The fourth-order valence-electron chi connectivity index (χ4n) is 3.08. The summed E-state index contributed by atoms with van der Waals surface area (Å²) in [6.45, 7) is 9.27. The summed E-state index contributed by atoms with van der Waals surface area (Å²) >= 11 is 0.857. The van der Waals surface area contributed by atoms with Gasteiger partial charge in [-0.25, -0.2) is 8.78 Å². The predicted molar refractivity (Wildman–Crippen MR) is 156 cm³/mol. The van der Waals surface area contributed by atoms with Crippen LogP contribution in [0.1, 0.15) is 83.2 Å². The van der Waals surface area contributed by atoms with Crippen LogP contribution < -0.4 is 26.8 Å². The highest BCUT2D eigenvalue weighted by atomic mass is 32.2. The van der Waals surface area contributed by atoms with Crippen LogP contribution >= 0.6 is 11.8 Å². The van der Waals surface area contributed by atoms with Gasteiger partial charge in [-0.3, -0.25) is 25.0 Å². The third kappa shape index (κ3) is 10.5. The summed E-state index contributed by atoms with van der Waals surface area (Å²) in [6, 6.07) is 2.49. The first-order valence-electron chi connectivity index (χ1n) is 12.8. The van der Waals surface area contributed by atoms with Crippen LogP contribution in [0.15, 0.2) is 24.5 Å². The molecule has 7 N–H and O–H groups in total. The maximum Gasteiger partial charge on any atom is 0.280 e. The first kappa shape index (κ1) is 34.4. The molecule has 2 amide bonds. The molecule has 0 spiro atoms. The number of carbonyl (C=O) groups is 2. The number of hydrogen-bond acceptors (Lipinski definition) is 9. The van der Waals surface area contributed by atoms with Gasteiger partial charge >= 0.3 is 0 Å². The van der Waals surface area contributed by atoms with E-state index in [1.807, 2.05) is 27.7 Å². The molecule has 1 aliphatic rings. The molecule has 0 aliphatic heterocycles. The van der Waals surface area contributed by atoms with E-state index >= 15 is 0 Å². The molecule has 1 saturated carbocycles. The molecule has 3 rings (SSSR count). The highest BCUT2D eigenvalue weighted by Crippen LogP contribution is 2.35. The van der Waals surface area contributed by atoms with E-state index in [1.54, 1.807) is 0 Å². The fourth-order valence-corrected chi connectivity index (χ4v) is 3.62. The Morgan fingerprint density at radius 1 is 1.10 bits per heavy atom. The first-order chi connectivity index (χ1) is 19.1. The molecule has 10 nitrogen and oxygen atoms in total. The molecule has 0 aromatic carbocycles. The lowest BCUT2D eigenvalue weighted by Gasteiger charge is -2.19. The number of alkyl halides is 2. The quantitative estimate of drug-likeness (QED) is 0.131. The molecule has 0 radical (unpaired) electrons. The number of nitrogens with zero attached hydrogens (tertiary/aromatic N) is 2. The Balaban J connectivity index is 0.00000306. The average molecular weight is 580 g/mol. The van der Waals surface area contributed by atoms with Crippen LogP contribution in [0.25, 0.3) is 11.1 Å². The number of ether oxygens (including phenoxy) is 1. The van der Waals surface area contributed by atoms with Gasteiger partial charge in [-0.1, -0.05) is 45.4 Å². The van der Waals surface area contributed by atoms with E-state index in [0.29, 0.717) is 5.92 Å². The summed E-state index contributed by atoms with van der Waals surface area (Å²) < 4.78 is 32.1. The zero-order valence-electron chi connectivity index (χ0n) is 23.5. The zero-order valence-corrected chi connectivity index (χ0v) is 24.3. The molecule has 2 unspecified atom stereocenters. The Morgan fingerprint density at radius 3 is 2.25 bits per heavy atom. The summed E-state index contributed by atoms with van der Waals surface area (Å²) in [5.41, 5.74) is 10.9. The SMILES string of the molecule is CC.CC.COc1cnc(C(F)F)cc1-c1cc(C(N)NC(C)=O)ncc1C(=O)NC(N)SC(=N)C#CC1CC1.[HH]. The van der Waals surface area contributed by atoms with Gasteiger partial charge in [0.2, 0.25) is 5.91 Å². The van der Waals surface area contributed by atoms with E-state index in [4.69, 9.17) is 21.6 Å². The molecule has 0 saturated heterocycles. The van der Waals surface area contributed by atoms with E-state index in [-0.39, 0.29) is 34.6 Å². The van der Waals surface area contributed by atoms with Crippen molar-refractivity contribution in [1.29, 1.82) is 5.41 Å². The number of thioether (sulfide) groups is 1. The van der Waals surface area contributed by atoms with Crippen molar-refractivity contribution in [3.8, 4) is 28.7 Å². The second kappa shape index (κ2) is 17.2. The van der Waals surface area contributed by atoms with Crippen molar-refractivity contribution in [3.05, 3.63) is 41.5 Å². The smallest absolute Gasteiger partial charge is 0.280 e. The molecule has 13 heteroatoms. The van der Waals surface area contributed by atoms with Crippen molar-refractivity contribution < 1.29 is 24.5 Å². The van der Waals surface area contributed by atoms with Crippen molar-refractivity contribution in [2.75, 3.05) is 7.11 Å². The molecule has 40 heavy (non-hydrogen) atoms. The van der Waals surface area contributed by atoms with Crippen LogP contribution in [0.2, 0.25) is 0 Å². The van der Waals surface area contributed by atoms with E-state index in [0.717, 1.165) is 36.9 Å². The Bertz CT molecular complexity index is 1240. The minimum Gasteiger partial charge on any atom is -0.494 e. The summed E-state index contributed by atoms with van der Waals surface area (Å²) in [4.78, 5) is 32.4. The molecule has 2 aromatic rings. The number of pyridine rings is 2. The molecule has 2 heterocycles. The lowest BCUT2D eigenvalue weighted by atomic mass is 9.98. The largest absolute Gasteiger partial charge is 0.494 e. The maximum absolute atomic E-state index is 13.4. The highest BCUT2D eigenvalue weighted by Gasteiger charge is 2.23. The van der Waals surface area contributed by atoms with Gasteiger partial charge in [0.1, 0.15) is 28.2 Å². The Kier molecular flexibility index (Phi) is 14.8. The van der Waals surface area contributed by atoms with E-state index in [2.05, 4.69) is 32.4 Å². The molecule has 1 fully saturated rings. The van der Waals surface area contributed by atoms with Crippen molar-refractivity contribution in [3.63, 3.8) is 0 Å². The topological polar surface area (TPSA) is 169 Å². The summed E-state index contributed by atoms with van der Waals surface area (Å²) in [6.07, 6.45) is 0.437. The molecule has 2 aromatic heterocycles. The Morgan fingerprint density at radius 2 is 1.70 bits per heavy atom. The van der Waals surface area contributed by atoms with Crippen molar-refractivity contribution in [2.45, 2.75) is 65.5 Å². The van der Waals surface area contributed by atoms with Gasteiger partial charge < -0.3 is 26.8 Å². The summed E-state index contributed by atoms with van der Waals surface area (Å²) in [7, 11) is 1.33. The van der Waals surface area contributed by atoms with Crippen molar-refractivity contribution in [2.24, 2.45) is 17.4 Å². The highest BCUT2D eigenvalue weighted by molar-refractivity contribution is 8.14. The van der Waals surface area contributed by atoms with E-state index in [9.17, 15) is 18.4 Å². The number of aromatic nitrogens is 2. The minimum atomic E-state index is -2.87.